The van der Waals surface area contributed by atoms with Gasteiger partial charge in [-0.15, -0.1) is 0 Å². The van der Waals surface area contributed by atoms with E-state index < -0.39 is 5.97 Å². The lowest BCUT2D eigenvalue weighted by molar-refractivity contribution is 0.0687. The minimum absolute atomic E-state index is 0.135. The molecule has 1 aromatic carbocycles. The lowest BCUT2D eigenvalue weighted by atomic mass is 10.3. The summed E-state index contributed by atoms with van der Waals surface area (Å²) in [6.07, 6.45) is 0. The van der Waals surface area contributed by atoms with Crippen molar-refractivity contribution in [1.29, 1.82) is 0 Å². The van der Waals surface area contributed by atoms with Crippen molar-refractivity contribution in [1.82, 2.24) is 9.78 Å². The molecule has 5 nitrogen and oxygen atoms in total. The van der Waals surface area contributed by atoms with Gasteiger partial charge in [0, 0.05) is 6.07 Å². The van der Waals surface area contributed by atoms with Crippen molar-refractivity contribution >= 4 is 5.97 Å². The molecule has 2 aromatic rings. The molecular weight excluding hydrogens is 220 g/mol. The van der Waals surface area contributed by atoms with Gasteiger partial charge in [-0.25, -0.2) is 9.48 Å². The number of hydrogen-bond acceptors (Lipinski definition) is 3. The summed E-state index contributed by atoms with van der Waals surface area (Å²) >= 11 is 0. The highest BCUT2D eigenvalue weighted by molar-refractivity contribution is 5.86. The Kier molecular flexibility index (Phi) is 2.82. The van der Waals surface area contributed by atoms with E-state index >= 15 is 0 Å². The number of carbonyl (C=O) groups is 1. The van der Waals surface area contributed by atoms with Crippen LogP contribution in [-0.4, -0.2) is 28.0 Å². The van der Waals surface area contributed by atoms with Gasteiger partial charge >= 0.3 is 5.97 Å². The quantitative estimate of drug-likeness (QED) is 0.877. The number of methoxy groups -OCH3 is 1. The Bertz CT molecular complexity index is 561. The predicted octanol–water partition coefficient (Wildman–Crippen LogP) is 1.89. The zero-order valence-electron chi connectivity index (χ0n) is 9.54. The fourth-order valence-corrected chi connectivity index (χ4v) is 1.59. The standard InChI is InChI=1S/C12H12N2O3/c1-8-6-11(12(15)16)14(13-8)9-4-3-5-10(7-9)17-2/h3-7H,1-2H3,(H,15,16). The van der Waals surface area contributed by atoms with Gasteiger partial charge in [-0.2, -0.15) is 5.10 Å². The van der Waals surface area contributed by atoms with Gasteiger partial charge in [0.25, 0.3) is 0 Å². The number of benzene rings is 1. The number of aromatic nitrogens is 2. The van der Waals surface area contributed by atoms with Crippen LogP contribution in [0.1, 0.15) is 16.2 Å². The monoisotopic (exact) mass is 232 g/mol. The molecule has 0 saturated carbocycles. The van der Waals surface area contributed by atoms with Crippen LogP contribution >= 0.6 is 0 Å². The molecule has 0 amide bonds. The maximum atomic E-state index is 11.1. The highest BCUT2D eigenvalue weighted by atomic mass is 16.5. The van der Waals surface area contributed by atoms with Crippen LogP contribution in [0.25, 0.3) is 5.69 Å². The number of carboxylic acid groups (broad SMARTS) is 1. The molecule has 0 saturated heterocycles. The molecule has 0 fully saturated rings. The first-order valence-electron chi connectivity index (χ1n) is 5.06. The van der Waals surface area contributed by atoms with Crippen LogP contribution in [0.15, 0.2) is 30.3 Å². The normalized spacial score (nSPS) is 10.2. The Hall–Kier alpha value is -2.30. The minimum Gasteiger partial charge on any atom is -0.497 e. The van der Waals surface area contributed by atoms with E-state index in [9.17, 15) is 4.79 Å². The van der Waals surface area contributed by atoms with Crippen molar-refractivity contribution in [2.24, 2.45) is 0 Å². The van der Waals surface area contributed by atoms with Gasteiger partial charge in [0.2, 0.25) is 0 Å². The third-order valence-corrected chi connectivity index (χ3v) is 2.35. The van der Waals surface area contributed by atoms with Crippen LogP contribution in [0.2, 0.25) is 0 Å². The van der Waals surface area contributed by atoms with E-state index in [1.807, 2.05) is 0 Å². The average Bonchev–Trinajstić information content (AvgIpc) is 2.72. The number of carboxylic acids is 1. The summed E-state index contributed by atoms with van der Waals surface area (Å²) in [5.41, 5.74) is 1.45. The van der Waals surface area contributed by atoms with Gasteiger partial charge in [-0.05, 0) is 25.1 Å². The first-order chi connectivity index (χ1) is 8.11. The van der Waals surface area contributed by atoms with Crippen LogP contribution in [0.5, 0.6) is 5.75 Å². The lowest BCUT2D eigenvalue weighted by Crippen LogP contribution is -2.07. The molecule has 1 aromatic heterocycles. The SMILES string of the molecule is COc1cccc(-n2nc(C)cc2C(=O)O)c1. The highest BCUT2D eigenvalue weighted by Crippen LogP contribution is 2.18. The summed E-state index contributed by atoms with van der Waals surface area (Å²) in [7, 11) is 1.56. The number of nitrogens with zero attached hydrogens (tertiary/aromatic N) is 2. The van der Waals surface area contributed by atoms with Crippen LogP contribution in [0, 0.1) is 6.92 Å². The van der Waals surface area contributed by atoms with E-state index in [2.05, 4.69) is 5.10 Å². The van der Waals surface area contributed by atoms with E-state index in [4.69, 9.17) is 9.84 Å². The Morgan fingerprint density at radius 3 is 2.82 bits per heavy atom. The van der Waals surface area contributed by atoms with E-state index in [0.717, 1.165) is 0 Å². The smallest absolute Gasteiger partial charge is 0.354 e. The van der Waals surface area contributed by atoms with Gasteiger partial charge in [0.15, 0.2) is 5.69 Å². The summed E-state index contributed by atoms with van der Waals surface area (Å²) < 4.78 is 6.48. The summed E-state index contributed by atoms with van der Waals surface area (Å²) in [6.45, 7) is 1.75. The molecule has 0 unspecified atom stereocenters. The number of ether oxygens (including phenoxy) is 1. The van der Waals surface area contributed by atoms with Crippen molar-refractivity contribution in [3.8, 4) is 11.4 Å². The summed E-state index contributed by atoms with van der Waals surface area (Å²) in [5.74, 6) is -0.347. The van der Waals surface area contributed by atoms with Crippen molar-refractivity contribution < 1.29 is 14.6 Å². The fourth-order valence-electron chi connectivity index (χ4n) is 1.59. The van der Waals surface area contributed by atoms with Crippen LogP contribution < -0.4 is 4.74 Å². The Morgan fingerprint density at radius 1 is 1.41 bits per heavy atom. The molecule has 88 valence electrons. The average molecular weight is 232 g/mol. The third kappa shape index (κ3) is 2.13. The molecule has 0 aliphatic rings. The highest BCUT2D eigenvalue weighted by Gasteiger charge is 2.14. The van der Waals surface area contributed by atoms with Crippen LogP contribution in [0.3, 0.4) is 0 Å². The van der Waals surface area contributed by atoms with E-state index in [0.29, 0.717) is 17.1 Å². The zero-order chi connectivity index (χ0) is 12.4. The Balaban J connectivity index is 2.55. The third-order valence-electron chi connectivity index (χ3n) is 2.35. The van der Waals surface area contributed by atoms with E-state index in [1.54, 1.807) is 38.3 Å². The second kappa shape index (κ2) is 4.29. The van der Waals surface area contributed by atoms with Crippen molar-refractivity contribution in [3.05, 3.63) is 41.7 Å². The van der Waals surface area contributed by atoms with Gasteiger partial charge in [0.05, 0.1) is 18.5 Å². The number of rotatable bonds is 3. The molecule has 0 aliphatic heterocycles. The van der Waals surface area contributed by atoms with Gasteiger partial charge in [-0.1, -0.05) is 6.07 Å². The summed E-state index contributed by atoms with van der Waals surface area (Å²) in [6, 6.07) is 8.62. The second-order valence-electron chi connectivity index (χ2n) is 3.59. The van der Waals surface area contributed by atoms with E-state index in [1.165, 1.54) is 10.7 Å². The minimum atomic E-state index is -1.01. The number of aromatic carboxylic acids is 1. The van der Waals surface area contributed by atoms with Gasteiger partial charge < -0.3 is 9.84 Å². The molecule has 17 heavy (non-hydrogen) atoms. The molecule has 0 spiro atoms. The molecule has 0 atom stereocenters. The van der Waals surface area contributed by atoms with Crippen molar-refractivity contribution in [3.63, 3.8) is 0 Å². The Morgan fingerprint density at radius 2 is 2.18 bits per heavy atom. The topological polar surface area (TPSA) is 64.4 Å². The van der Waals surface area contributed by atoms with Crippen LogP contribution in [-0.2, 0) is 0 Å². The maximum absolute atomic E-state index is 11.1. The van der Waals surface area contributed by atoms with Crippen molar-refractivity contribution in [2.75, 3.05) is 7.11 Å². The molecule has 1 N–H and O–H groups in total. The molecule has 0 bridgehead atoms. The largest absolute Gasteiger partial charge is 0.497 e. The van der Waals surface area contributed by atoms with Gasteiger partial charge in [-0.3, -0.25) is 0 Å². The molecule has 0 radical (unpaired) electrons. The fraction of sp³-hybridized carbons (Fsp3) is 0.167. The van der Waals surface area contributed by atoms with Gasteiger partial charge in [0.1, 0.15) is 5.75 Å². The molecular formula is C12H12N2O3. The summed E-state index contributed by atoms with van der Waals surface area (Å²) in [5, 5.41) is 13.2. The lowest BCUT2D eigenvalue weighted by Gasteiger charge is -2.06. The first kappa shape index (κ1) is 11.2. The predicted molar refractivity (Wildman–Crippen MR) is 61.8 cm³/mol. The zero-order valence-corrected chi connectivity index (χ0v) is 9.54. The van der Waals surface area contributed by atoms with Crippen molar-refractivity contribution in [2.45, 2.75) is 6.92 Å². The molecule has 1 heterocycles. The van der Waals surface area contributed by atoms with E-state index in [-0.39, 0.29) is 5.69 Å². The number of aryl methyl sites for hydroxylation is 1. The number of hydrogen-bond donors (Lipinski definition) is 1. The molecule has 5 heteroatoms. The molecule has 2 rings (SSSR count). The first-order valence-corrected chi connectivity index (χ1v) is 5.06. The Labute approximate surface area is 98.3 Å². The second-order valence-corrected chi connectivity index (χ2v) is 3.59. The summed E-state index contributed by atoms with van der Waals surface area (Å²) in [4.78, 5) is 11.1. The van der Waals surface area contributed by atoms with Crippen LogP contribution in [0.4, 0.5) is 0 Å². The molecule has 0 aliphatic carbocycles. The maximum Gasteiger partial charge on any atom is 0.354 e.